The van der Waals surface area contributed by atoms with E-state index in [2.05, 4.69) is 0 Å². The maximum absolute atomic E-state index is 13.9. The number of nitrogens with two attached hydrogens (primary N) is 1. The highest BCUT2D eigenvalue weighted by Crippen LogP contribution is 2.36. The molecule has 1 aliphatic carbocycles. The van der Waals surface area contributed by atoms with Crippen LogP contribution >= 0.6 is 0 Å². The third-order valence-electron chi connectivity index (χ3n) is 3.18. The molecule has 0 radical (unpaired) electrons. The van der Waals surface area contributed by atoms with Crippen LogP contribution < -0.4 is 10.6 Å². The molecule has 6 heteroatoms. The van der Waals surface area contributed by atoms with Gasteiger partial charge in [-0.3, -0.25) is 0 Å². The topological polar surface area (TPSA) is 29.3 Å². The van der Waals surface area contributed by atoms with Crippen LogP contribution in [0, 0.1) is 5.82 Å². The number of benzene rings is 1. The highest BCUT2D eigenvalue weighted by atomic mass is 19.4. The van der Waals surface area contributed by atoms with Crippen molar-refractivity contribution < 1.29 is 17.6 Å². The largest absolute Gasteiger partial charge is 0.416 e. The zero-order valence-corrected chi connectivity index (χ0v) is 10.4. The summed E-state index contributed by atoms with van der Waals surface area (Å²) in [7, 11) is 0. The number of halogens is 4. The predicted octanol–water partition coefficient (Wildman–Crippen LogP) is 3.16. The SMILES string of the molecule is NCCCN(c1ccc(C(F)(F)F)cc1F)C1CC1. The lowest BCUT2D eigenvalue weighted by molar-refractivity contribution is -0.137. The molecule has 2 nitrogen and oxygen atoms in total. The maximum Gasteiger partial charge on any atom is 0.416 e. The Labute approximate surface area is 109 Å². The standard InChI is InChI=1S/C13H16F4N2/c14-11-8-9(13(15,16)17)2-5-12(11)19(7-1-6-18)10-3-4-10/h2,5,8,10H,1,3-4,6-7,18H2. The van der Waals surface area contributed by atoms with Gasteiger partial charge in [-0.1, -0.05) is 0 Å². The summed E-state index contributed by atoms with van der Waals surface area (Å²) < 4.78 is 51.3. The fourth-order valence-corrected chi connectivity index (χ4v) is 2.06. The van der Waals surface area contributed by atoms with E-state index in [0.29, 0.717) is 25.6 Å². The van der Waals surface area contributed by atoms with Crippen molar-refractivity contribution in [1.82, 2.24) is 0 Å². The van der Waals surface area contributed by atoms with Crippen molar-refractivity contribution in [3.05, 3.63) is 29.6 Å². The van der Waals surface area contributed by atoms with Crippen molar-refractivity contribution in [2.75, 3.05) is 18.0 Å². The summed E-state index contributed by atoms with van der Waals surface area (Å²) in [5.41, 5.74) is 4.71. The van der Waals surface area contributed by atoms with Gasteiger partial charge in [0.05, 0.1) is 11.3 Å². The van der Waals surface area contributed by atoms with Crippen molar-refractivity contribution in [2.45, 2.75) is 31.5 Å². The maximum atomic E-state index is 13.9. The van der Waals surface area contributed by atoms with Crippen LogP contribution in [0.1, 0.15) is 24.8 Å². The molecular formula is C13H16F4N2. The fraction of sp³-hybridized carbons (Fsp3) is 0.538. The van der Waals surface area contributed by atoms with Crippen molar-refractivity contribution in [1.29, 1.82) is 0 Å². The molecule has 2 rings (SSSR count). The normalized spacial score (nSPS) is 15.6. The van der Waals surface area contributed by atoms with Crippen LogP contribution in [0.4, 0.5) is 23.2 Å². The molecule has 0 unspecified atom stereocenters. The minimum atomic E-state index is -4.51. The van der Waals surface area contributed by atoms with Gasteiger partial charge >= 0.3 is 6.18 Å². The first-order valence-corrected chi connectivity index (χ1v) is 6.27. The Kier molecular flexibility index (Phi) is 3.99. The average molecular weight is 276 g/mol. The molecule has 0 aromatic heterocycles. The molecule has 0 saturated heterocycles. The smallest absolute Gasteiger partial charge is 0.366 e. The van der Waals surface area contributed by atoms with Crippen molar-refractivity contribution in [3.8, 4) is 0 Å². The molecule has 0 amide bonds. The Bertz CT molecular complexity index is 441. The molecule has 106 valence electrons. The molecule has 0 bridgehead atoms. The molecule has 19 heavy (non-hydrogen) atoms. The Balaban J connectivity index is 2.23. The number of hydrogen-bond donors (Lipinski definition) is 1. The summed E-state index contributed by atoms with van der Waals surface area (Å²) in [6, 6.07) is 2.94. The molecule has 1 aromatic carbocycles. The lowest BCUT2D eigenvalue weighted by Crippen LogP contribution is -2.29. The van der Waals surface area contributed by atoms with Crippen LogP contribution in [0.25, 0.3) is 0 Å². The molecule has 1 aromatic rings. The van der Waals surface area contributed by atoms with Crippen LogP contribution in [0.2, 0.25) is 0 Å². The summed E-state index contributed by atoms with van der Waals surface area (Å²) in [4.78, 5) is 1.82. The molecule has 1 fully saturated rings. The minimum Gasteiger partial charge on any atom is -0.366 e. The molecule has 2 N–H and O–H groups in total. The van der Waals surface area contributed by atoms with Gasteiger partial charge in [0.25, 0.3) is 0 Å². The molecule has 1 aliphatic rings. The highest BCUT2D eigenvalue weighted by molar-refractivity contribution is 5.51. The van der Waals surface area contributed by atoms with Gasteiger partial charge in [0, 0.05) is 12.6 Å². The first-order chi connectivity index (χ1) is 8.93. The van der Waals surface area contributed by atoms with E-state index in [1.807, 2.05) is 4.90 Å². The van der Waals surface area contributed by atoms with E-state index in [1.54, 1.807) is 0 Å². The number of hydrogen-bond acceptors (Lipinski definition) is 2. The third-order valence-corrected chi connectivity index (χ3v) is 3.18. The zero-order chi connectivity index (χ0) is 14.0. The van der Waals surface area contributed by atoms with Gasteiger partial charge in [0.1, 0.15) is 5.82 Å². The molecule has 0 atom stereocenters. The van der Waals surface area contributed by atoms with E-state index in [0.717, 1.165) is 18.9 Å². The molecular weight excluding hydrogens is 260 g/mol. The summed E-state index contributed by atoms with van der Waals surface area (Å²) >= 11 is 0. The van der Waals surface area contributed by atoms with Crippen LogP contribution in [0.5, 0.6) is 0 Å². The second kappa shape index (κ2) is 5.36. The second-order valence-electron chi connectivity index (χ2n) is 4.73. The first kappa shape index (κ1) is 14.1. The number of anilines is 1. The van der Waals surface area contributed by atoms with Crippen LogP contribution in [0.15, 0.2) is 18.2 Å². The van der Waals surface area contributed by atoms with E-state index < -0.39 is 17.6 Å². The minimum absolute atomic E-state index is 0.234. The molecule has 0 spiro atoms. The lowest BCUT2D eigenvalue weighted by atomic mass is 10.1. The van der Waals surface area contributed by atoms with Gasteiger partial charge in [-0.05, 0) is 44.0 Å². The fourth-order valence-electron chi connectivity index (χ4n) is 2.06. The van der Waals surface area contributed by atoms with Crippen LogP contribution in [-0.4, -0.2) is 19.1 Å². The Morgan fingerprint density at radius 3 is 2.42 bits per heavy atom. The summed E-state index contributed by atoms with van der Waals surface area (Å²) in [5.74, 6) is -0.821. The van der Waals surface area contributed by atoms with Gasteiger partial charge in [-0.25, -0.2) is 4.39 Å². The van der Waals surface area contributed by atoms with Gasteiger partial charge in [0.2, 0.25) is 0 Å². The van der Waals surface area contributed by atoms with Crippen LogP contribution in [-0.2, 0) is 6.18 Å². The van der Waals surface area contributed by atoms with Crippen molar-refractivity contribution >= 4 is 5.69 Å². The van der Waals surface area contributed by atoms with Crippen molar-refractivity contribution in [3.63, 3.8) is 0 Å². The van der Waals surface area contributed by atoms with E-state index >= 15 is 0 Å². The third kappa shape index (κ3) is 3.37. The summed E-state index contributed by atoms with van der Waals surface area (Å²) in [5, 5.41) is 0. The predicted molar refractivity (Wildman–Crippen MR) is 65.4 cm³/mol. The van der Waals surface area contributed by atoms with Gasteiger partial charge in [-0.15, -0.1) is 0 Å². The van der Waals surface area contributed by atoms with Gasteiger partial charge in [-0.2, -0.15) is 13.2 Å². The Hall–Kier alpha value is -1.30. The monoisotopic (exact) mass is 276 g/mol. The zero-order valence-electron chi connectivity index (χ0n) is 10.4. The quantitative estimate of drug-likeness (QED) is 0.837. The summed E-state index contributed by atoms with van der Waals surface area (Å²) in [6.45, 7) is 1.05. The lowest BCUT2D eigenvalue weighted by Gasteiger charge is -2.25. The van der Waals surface area contributed by atoms with Crippen LogP contribution in [0.3, 0.4) is 0 Å². The first-order valence-electron chi connectivity index (χ1n) is 6.27. The van der Waals surface area contributed by atoms with Crippen molar-refractivity contribution in [2.24, 2.45) is 5.73 Å². The van der Waals surface area contributed by atoms with E-state index in [-0.39, 0.29) is 11.7 Å². The van der Waals surface area contributed by atoms with Gasteiger partial charge in [0.15, 0.2) is 0 Å². The van der Waals surface area contributed by atoms with E-state index in [9.17, 15) is 17.6 Å². The van der Waals surface area contributed by atoms with E-state index in [1.165, 1.54) is 6.07 Å². The number of rotatable bonds is 5. The number of nitrogens with zero attached hydrogens (tertiary/aromatic N) is 1. The Morgan fingerprint density at radius 1 is 1.26 bits per heavy atom. The highest BCUT2D eigenvalue weighted by Gasteiger charge is 2.34. The molecule has 0 heterocycles. The van der Waals surface area contributed by atoms with E-state index in [4.69, 9.17) is 5.73 Å². The number of alkyl halides is 3. The summed E-state index contributed by atoms with van der Waals surface area (Å²) in [6.07, 6.45) is -1.92. The Morgan fingerprint density at radius 2 is 1.95 bits per heavy atom. The second-order valence-corrected chi connectivity index (χ2v) is 4.73. The van der Waals surface area contributed by atoms with Gasteiger partial charge < -0.3 is 10.6 Å². The molecule has 1 saturated carbocycles. The average Bonchev–Trinajstić information content (AvgIpc) is 3.14. The molecule has 0 aliphatic heterocycles.